The molecular formula is C16H19BP. The fourth-order valence-corrected chi connectivity index (χ4v) is 3.22. The van der Waals surface area contributed by atoms with Crippen LogP contribution in [0.3, 0.4) is 0 Å². The van der Waals surface area contributed by atoms with Crippen LogP contribution in [0, 0.1) is 0 Å². The summed E-state index contributed by atoms with van der Waals surface area (Å²) in [7, 11) is 0.838. The highest BCUT2D eigenvalue weighted by Crippen LogP contribution is 2.33. The van der Waals surface area contributed by atoms with Crippen LogP contribution < -0.4 is 5.30 Å². The molecule has 0 aromatic heterocycles. The Bertz CT molecular complexity index is 486. The molecule has 0 N–H and O–H groups in total. The van der Waals surface area contributed by atoms with E-state index in [1.165, 1.54) is 16.4 Å². The van der Waals surface area contributed by atoms with E-state index in [1.807, 2.05) is 0 Å². The topological polar surface area (TPSA) is 0 Å². The number of hydrogen-bond acceptors (Lipinski definition) is 0. The van der Waals surface area contributed by atoms with Gasteiger partial charge in [0, 0.05) is 8.41 Å². The molecule has 18 heavy (non-hydrogen) atoms. The molecule has 1 atom stereocenters. The summed E-state index contributed by atoms with van der Waals surface area (Å²) in [5, 5.41) is 1.82. The second-order valence-electron chi connectivity index (χ2n) is 5.29. The number of benzene rings is 2. The van der Waals surface area contributed by atoms with Crippen LogP contribution in [0.2, 0.25) is 0 Å². The molecule has 2 rings (SSSR count). The van der Waals surface area contributed by atoms with Gasteiger partial charge < -0.3 is 0 Å². The molecule has 0 aliphatic rings. The summed E-state index contributed by atoms with van der Waals surface area (Å²) in [5.74, 6) is 0. The van der Waals surface area contributed by atoms with Crippen LogP contribution in [0.1, 0.15) is 20.8 Å². The zero-order chi connectivity index (χ0) is 12.3. The van der Waals surface area contributed by atoms with Crippen LogP contribution in [0.5, 0.6) is 0 Å². The Morgan fingerprint density at radius 3 is 1.94 bits per heavy atom. The van der Waals surface area contributed by atoms with Crippen molar-refractivity contribution in [1.82, 2.24) is 0 Å². The lowest BCUT2D eigenvalue weighted by Crippen LogP contribution is -2.12. The maximum Gasteiger partial charge on any atom is 0 e. The van der Waals surface area contributed by atoms with Crippen LogP contribution in [0.15, 0.2) is 54.6 Å². The minimum atomic E-state index is 0. The SMILES string of the molecule is CC(C)(C)Pc1ccccc1-c1ccccc1.[B]. The Labute approximate surface area is 114 Å². The fourth-order valence-electron chi connectivity index (χ4n) is 1.87. The molecule has 91 valence electrons. The third kappa shape index (κ3) is 4.00. The first-order valence-electron chi connectivity index (χ1n) is 5.99. The summed E-state index contributed by atoms with van der Waals surface area (Å²) < 4.78 is 0. The van der Waals surface area contributed by atoms with Crippen LogP contribution in [-0.2, 0) is 0 Å². The van der Waals surface area contributed by atoms with Gasteiger partial charge in [-0.05, 0) is 21.6 Å². The van der Waals surface area contributed by atoms with E-state index < -0.39 is 0 Å². The zero-order valence-electron chi connectivity index (χ0n) is 11.3. The lowest BCUT2D eigenvalue weighted by molar-refractivity contribution is 0.799. The Morgan fingerprint density at radius 2 is 1.33 bits per heavy atom. The highest BCUT2D eigenvalue weighted by Gasteiger charge is 2.13. The van der Waals surface area contributed by atoms with Crippen LogP contribution in [0.25, 0.3) is 11.1 Å². The van der Waals surface area contributed by atoms with E-state index in [0.29, 0.717) is 5.16 Å². The van der Waals surface area contributed by atoms with Crippen LogP contribution in [0.4, 0.5) is 0 Å². The smallest absolute Gasteiger partial charge is 0 e. The van der Waals surface area contributed by atoms with E-state index in [1.54, 1.807) is 0 Å². The molecule has 2 aromatic carbocycles. The molecule has 0 saturated carbocycles. The maximum atomic E-state index is 2.30. The summed E-state index contributed by atoms with van der Waals surface area (Å²) in [6.07, 6.45) is 0. The largest absolute Gasteiger partial charge is 0.0842 e. The Hall–Kier alpha value is -1.07. The zero-order valence-corrected chi connectivity index (χ0v) is 12.3. The molecule has 0 heterocycles. The van der Waals surface area contributed by atoms with Gasteiger partial charge in [-0.3, -0.25) is 0 Å². The molecule has 3 radical (unpaired) electrons. The van der Waals surface area contributed by atoms with Gasteiger partial charge in [0.15, 0.2) is 0 Å². The second-order valence-corrected chi connectivity index (χ2v) is 7.58. The van der Waals surface area contributed by atoms with Gasteiger partial charge in [-0.25, -0.2) is 0 Å². The van der Waals surface area contributed by atoms with Gasteiger partial charge >= 0.3 is 0 Å². The monoisotopic (exact) mass is 253 g/mol. The number of hydrogen-bond donors (Lipinski definition) is 0. The molecular weight excluding hydrogens is 234 g/mol. The average Bonchev–Trinajstić information content (AvgIpc) is 2.29. The molecule has 2 heteroatoms. The second kappa shape index (κ2) is 6.20. The molecule has 1 unspecified atom stereocenters. The minimum Gasteiger partial charge on any atom is -0.0842 e. The highest BCUT2D eigenvalue weighted by molar-refractivity contribution is 7.49. The van der Waals surface area contributed by atoms with E-state index in [9.17, 15) is 0 Å². The van der Waals surface area contributed by atoms with E-state index in [0.717, 1.165) is 8.58 Å². The van der Waals surface area contributed by atoms with E-state index in [-0.39, 0.29) is 8.41 Å². The maximum absolute atomic E-state index is 2.30. The van der Waals surface area contributed by atoms with Gasteiger partial charge in [0.2, 0.25) is 0 Å². The molecule has 0 aliphatic heterocycles. The van der Waals surface area contributed by atoms with E-state index in [4.69, 9.17) is 0 Å². The van der Waals surface area contributed by atoms with Crippen molar-refractivity contribution in [2.75, 3.05) is 0 Å². The molecule has 0 saturated heterocycles. The van der Waals surface area contributed by atoms with Gasteiger partial charge in [-0.15, -0.1) is 0 Å². The van der Waals surface area contributed by atoms with Crippen molar-refractivity contribution in [2.45, 2.75) is 25.9 Å². The Morgan fingerprint density at radius 1 is 0.778 bits per heavy atom. The molecule has 0 fully saturated rings. The van der Waals surface area contributed by atoms with Crippen molar-refractivity contribution >= 4 is 22.3 Å². The first kappa shape index (κ1) is 15.0. The highest BCUT2D eigenvalue weighted by atomic mass is 31.1. The predicted octanol–water partition coefficient (Wildman–Crippen LogP) is 4.08. The minimum absolute atomic E-state index is 0. The lowest BCUT2D eigenvalue weighted by atomic mass is 10.1. The van der Waals surface area contributed by atoms with Crippen molar-refractivity contribution in [2.24, 2.45) is 0 Å². The molecule has 0 bridgehead atoms. The number of rotatable bonds is 2. The van der Waals surface area contributed by atoms with Gasteiger partial charge in [0.25, 0.3) is 0 Å². The van der Waals surface area contributed by atoms with Gasteiger partial charge in [0.1, 0.15) is 0 Å². The van der Waals surface area contributed by atoms with Gasteiger partial charge in [-0.1, -0.05) is 83.9 Å². The standard InChI is InChI=1S/C16H19P.B/c1-16(2,3)17-15-12-8-7-11-14(15)13-9-5-4-6-10-13;/h4-12,17H,1-3H3;. The van der Waals surface area contributed by atoms with Crippen molar-refractivity contribution in [3.8, 4) is 11.1 Å². The molecule has 0 nitrogen and oxygen atoms in total. The first-order valence-corrected chi connectivity index (χ1v) is 6.99. The van der Waals surface area contributed by atoms with E-state index in [2.05, 4.69) is 75.4 Å². The molecule has 0 spiro atoms. The van der Waals surface area contributed by atoms with Crippen LogP contribution in [-0.4, -0.2) is 13.6 Å². The predicted molar refractivity (Wildman–Crippen MR) is 85.3 cm³/mol. The van der Waals surface area contributed by atoms with Crippen LogP contribution >= 0.6 is 8.58 Å². The van der Waals surface area contributed by atoms with Gasteiger partial charge in [-0.2, -0.15) is 0 Å². The van der Waals surface area contributed by atoms with E-state index >= 15 is 0 Å². The third-order valence-corrected chi connectivity index (χ3v) is 3.98. The van der Waals surface area contributed by atoms with Gasteiger partial charge in [0.05, 0.1) is 0 Å². The summed E-state index contributed by atoms with van der Waals surface area (Å²) >= 11 is 0. The van der Waals surface area contributed by atoms with Crippen molar-refractivity contribution in [1.29, 1.82) is 0 Å². The summed E-state index contributed by atoms with van der Waals surface area (Å²) in [6, 6.07) is 19.4. The molecule has 0 amide bonds. The van der Waals surface area contributed by atoms with Crippen molar-refractivity contribution < 1.29 is 0 Å². The summed E-state index contributed by atoms with van der Waals surface area (Å²) in [6.45, 7) is 6.90. The normalized spacial score (nSPS) is 11.5. The lowest BCUT2D eigenvalue weighted by Gasteiger charge is -2.20. The summed E-state index contributed by atoms with van der Waals surface area (Å²) in [5.41, 5.74) is 2.70. The first-order chi connectivity index (χ1) is 8.06. The average molecular weight is 253 g/mol. The summed E-state index contributed by atoms with van der Waals surface area (Å²) in [4.78, 5) is 0. The van der Waals surface area contributed by atoms with Crippen molar-refractivity contribution in [3.63, 3.8) is 0 Å². The fraction of sp³-hybridized carbons (Fsp3) is 0.250. The quantitative estimate of drug-likeness (QED) is 0.559. The molecule has 2 aromatic rings. The Kier molecular flexibility index (Phi) is 5.17. The van der Waals surface area contributed by atoms with Crippen molar-refractivity contribution in [3.05, 3.63) is 54.6 Å². The Balaban J connectivity index is 0.00000162. The molecule has 0 aliphatic carbocycles. The third-order valence-electron chi connectivity index (χ3n) is 2.52.